The normalized spacial score (nSPS) is 13.1. The minimum absolute atomic E-state index is 0.181. The molecule has 0 atom stereocenters. The van der Waals surface area contributed by atoms with Crippen LogP contribution in [0.4, 0.5) is 0 Å². The first kappa shape index (κ1) is 13.2. The van der Waals surface area contributed by atoms with Crippen molar-refractivity contribution >= 4 is 21.8 Å². The number of hydrogen-bond acceptors (Lipinski definition) is 4. The Hall–Kier alpha value is -1.83. The number of aromatic nitrogens is 4. The molecule has 0 aliphatic carbocycles. The van der Waals surface area contributed by atoms with E-state index >= 15 is 0 Å². The molecule has 20 heavy (non-hydrogen) atoms. The monoisotopic (exact) mass is 339 g/mol. The van der Waals surface area contributed by atoms with Gasteiger partial charge in [0.1, 0.15) is 6.61 Å². The second-order valence-corrected chi connectivity index (χ2v) is 5.44. The van der Waals surface area contributed by atoms with E-state index in [-0.39, 0.29) is 5.91 Å². The number of carbonyl (C=O) groups is 1. The summed E-state index contributed by atoms with van der Waals surface area (Å²) in [6.07, 6.45) is 3.57. The van der Waals surface area contributed by atoms with Crippen LogP contribution in [0.5, 0.6) is 5.88 Å². The number of fused-ring (bicyclic) bond motifs is 1. The first-order valence-electron chi connectivity index (χ1n) is 6.31. The Morgan fingerprint density at radius 3 is 3.15 bits per heavy atom. The maximum absolute atomic E-state index is 12.1. The van der Waals surface area contributed by atoms with Gasteiger partial charge in [-0.05, 0) is 22.9 Å². The Labute approximate surface area is 124 Å². The largest absolute Gasteiger partial charge is 0.476 e. The van der Waals surface area contributed by atoms with Crippen LogP contribution in [0.25, 0.3) is 0 Å². The molecule has 1 amide bonds. The minimum Gasteiger partial charge on any atom is -0.476 e. The molecule has 0 bridgehead atoms. The summed E-state index contributed by atoms with van der Waals surface area (Å²) in [5.41, 5.74) is 1.23. The third-order valence-corrected chi connectivity index (χ3v) is 3.53. The molecule has 1 N–H and O–H groups in total. The highest BCUT2D eigenvalue weighted by Crippen LogP contribution is 2.25. The van der Waals surface area contributed by atoms with E-state index in [0.717, 1.165) is 10.0 Å². The Kier molecular flexibility index (Phi) is 3.47. The van der Waals surface area contributed by atoms with Gasteiger partial charge in [0, 0.05) is 18.3 Å². The van der Waals surface area contributed by atoms with Gasteiger partial charge in [-0.3, -0.25) is 9.48 Å². The summed E-state index contributed by atoms with van der Waals surface area (Å²) in [4.78, 5) is 12.1. The fourth-order valence-corrected chi connectivity index (χ4v) is 2.47. The number of amides is 1. The van der Waals surface area contributed by atoms with E-state index in [1.54, 1.807) is 15.6 Å². The number of hydrogen-bond donors (Lipinski definition) is 1. The molecule has 0 saturated heterocycles. The predicted octanol–water partition coefficient (Wildman–Crippen LogP) is 0.973. The van der Waals surface area contributed by atoms with Gasteiger partial charge in [0.25, 0.3) is 5.91 Å². The topological polar surface area (TPSA) is 74.0 Å². The van der Waals surface area contributed by atoms with Gasteiger partial charge in [0.05, 0.1) is 23.8 Å². The van der Waals surface area contributed by atoms with Crippen LogP contribution < -0.4 is 10.1 Å². The van der Waals surface area contributed by atoms with Crippen LogP contribution in [0.3, 0.4) is 0 Å². The zero-order chi connectivity index (χ0) is 14.1. The SMILES string of the molecule is Cc1c(C(=O)NCCn2cc(Br)cn2)nn2c1OCC2. The van der Waals surface area contributed by atoms with Gasteiger partial charge in [-0.2, -0.15) is 10.2 Å². The summed E-state index contributed by atoms with van der Waals surface area (Å²) in [6, 6.07) is 0. The van der Waals surface area contributed by atoms with Crippen LogP contribution >= 0.6 is 15.9 Å². The Morgan fingerprint density at radius 2 is 2.45 bits per heavy atom. The lowest BCUT2D eigenvalue weighted by Crippen LogP contribution is -2.28. The number of nitrogens with zero attached hydrogens (tertiary/aromatic N) is 4. The van der Waals surface area contributed by atoms with E-state index in [1.807, 2.05) is 13.1 Å². The molecule has 106 valence electrons. The summed E-state index contributed by atoms with van der Waals surface area (Å²) < 4.78 is 9.85. The van der Waals surface area contributed by atoms with E-state index < -0.39 is 0 Å². The number of halogens is 1. The summed E-state index contributed by atoms with van der Waals surface area (Å²) in [6.45, 7) is 4.28. The van der Waals surface area contributed by atoms with Crippen LogP contribution in [-0.4, -0.2) is 38.6 Å². The van der Waals surface area contributed by atoms with Crippen LogP contribution in [0.1, 0.15) is 16.1 Å². The van der Waals surface area contributed by atoms with E-state index in [0.29, 0.717) is 37.8 Å². The number of ether oxygens (including phenoxy) is 1. The first-order valence-corrected chi connectivity index (χ1v) is 7.11. The summed E-state index contributed by atoms with van der Waals surface area (Å²) in [5.74, 6) is 0.519. The van der Waals surface area contributed by atoms with Gasteiger partial charge in [-0.1, -0.05) is 0 Å². The average Bonchev–Trinajstić information content (AvgIpc) is 3.09. The van der Waals surface area contributed by atoms with Gasteiger partial charge in [0.15, 0.2) is 5.69 Å². The quantitative estimate of drug-likeness (QED) is 0.900. The highest BCUT2D eigenvalue weighted by Gasteiger charge is 2.24. The number of carbonyl (C=O) groups excluding carboxylic acids is 1. The van der Waals surface area contributed by atoms with Crippen molar-refractivity contribution in [3.05, 3.63) is 28.1 Å². The third kappa shape index (κ3) is 2.43. The molecule has 7 nitrogen and oxygen atoms in total. The molecular formula is C12H14BrN5O2. The van der Waals surface area contributed by atoms with Crippen molar-refractivity contribution in [1.82, 2.24) is 24.9 Å². The van der Waals surface area contributed by atoms with Crippen LogP contribution in [0.2, 0.25) is 0 Å². The van der Waals surface area contributed by atoms with Crippen molar-refractivity contribution in [1.29, 1.82) is 0 Å². The smallest absolute Gasteiger partial charge is 0.272 e. The molecular weight excluding hydrogens is 326 g/mol. The fourth-order valence-electron chi connectivity index (χ4n) is 2.14. The van der Waals surface area contributed by atoms with Gasteiger partial charge < -0.3 is 10.1 Å². The Morgan fingerprint density at radius 1 is 1.60 bits per heavy atom. The van der Waals surface area contributed by atoms with Crippen molar-refractivity contribution in [2.75, 3.05) is 13.2 Å². The molecule has 0 fully saturated rings. The van der Waals surface area contributed by atoms with Gasteiger partial charge in [-0.15, -0.1) is 0 Å². The van der Waals surface area contributed by atoms with E-state index in [1.165, 1.54) is 0 Å². The van der Waals surface area contributed by atoms with Gasteiger partial charge >= 0.3 is 0 Å². The fraction of sp³-hybridized carbons (Fsp3) is 0.417. The van der Waals surface area contributed by atoms with Crippen LogP contribution in [0.15, 0.2) is 16.9 Å². The lowest BCUT2D eigenvalue weighted by atomic mass is 10.2. The van der Waals surface area contributed by atoms with Crippen molar-refractivity contribution in [2.24, 2.45) is 0 Å². The molecule has 2 aromatic rings. The predicted molar refractivity (Wildman–Crippen MR) is 74.7 cm³/mol. The molecule has 0 radical (unpaired) electrons. The molecule has 8 heteroatoms. The molecule has 0 spiro atoms. The molecule has 0 unspecified atom stereocenters. The van der Waals surface area contributed by atoms with E-state index in [2.05, 4.69) is 31.4 Å². The first-order chi connectivity index (χ1) is 9.65. The molecule has 1 aliphatic heterocycles. The minimum atomic E-state index is -0.181. The molecule has 3 heterocycles. The summed E-state index contributed by atoms with van der Waals surface area (Å²) >= 11 is 3.33. The zero-order valence-electron chi connectivity index (χ0n) is 11.0. The Balaban J connectivity index is 1.59. The number of nitrogens with one attached hydrogen (secondary N) is 1. The lowest BCUT2D eigenvalue weighted by Gasteiger charge is -2.04. The second-order valence-electron chi connectivity index (χ2n) is 4.53. The highest BCUT2D eigenvalue weighted by molar-refractivity contribution is 9.10. The maximum atomic E-state index is 12.1. The van der Waals surface area contributed by atoms with E-state index in [9.17, 15) is 4.79 Å². The van der Waals surface area contributed by atoms with E-state index in [4.69, 9.17) is 4.74 Å². The summed E-state index contributed by atoms with van der Waals surface area (Å²) in [7, 11) is 0. The van der Waals surface area contributed by atoms with Crippen LogP contribution in [0, 0.1) is 6.92 Å². The van der Waals surface area contributed by atoms with Crippen molar-refractivity contribution in [3.63, 3.8) is 0 Å². The Bertz CT molecular complexity index is 648. The van der Waals surface area contributed by atoms with Crippen LogP contribution in [-0.2, 0) is 13.1 Å². The summed E-state index contributed by atoms with van der Waals surface area (Å²) in [5, 5.41) is 11.2. The average molecular weight is 340 g/mol. The zero-order valence-corrected chi connectivity index (χ0v) is 12.6. The number of rotatable bonds is 4. The molecule has 0 aromatic carbocycles. The lowest BCUT2D eigenvalue weighted by molar-refractivity contribution is 0.0945. The van der Waals surface area contributed by atoms with Crippen molar-refractivity contribution < 1.29 is 9.53 Å². The van der Waals surface area contributed by atoms with Gasteiger partial charge in [0.2, 0.25) is 5.88 Å². The van der Waals surface area contributed by atoms with Crippen molar-refractivity contribution in [2.45, 2.75) is 20.0 Å². The third-order valence-electron chi connectivity index (χ3n) is 3.12. The second kappa shape index (κ2) is 5.28. The molecule has 3 rings (SSSR count). The van der Waals surface area contributed by atoms with Gasteiger partial charge in [-0.25, -0.2) is 4.68 Å². The standard InChI is InChI=1S/C12H14BrN5O2/c1-8-10(16-18-4-5-20-12(8)18)11(19)14-2-3-17-7-9(13)6-15-17/h6-7H,2-5H2,1H3,(H,14,19). The van der Waals surface area contributed by atoms with Crippen molar-refractivity contribution in [3.8, 4) is 5.88 Å². The highest BCUT2D eigenvalue weighted by atomic mass is 79.9. The molecule has 0 saturated carbocycles. The molecule has 1 aliphatic rings. The maximum Gasteiger partial charge on any atom is 0.272 e. The molecule has 2 aromatic heterocycles.